The summed E-state index contributed by atoms with van der Waals surface area (Å²) >= 11 is 0. The Balaban J connectivity index is 5.32. The smallest absolute Gasteiger partial charge is 0.462 e. The molecule has 5 atom stereocenters. The number of aliphatic hydroxyl groups excluding tert-OH is 1. The van der Waals surface area contributed by atoms with Gasteiger partial charge in [-0.25, -0.2) is 9.13 Å². The molecule has 0 aliphatic carbocycles. The molecule has 0 rings (SSSR count). The van der Waals surface area contributed by atoms with Crippen LogP contribution in [0.15, 0.2) is 60.8 Å². The van der Waals surface area contributed by atoms with Gasteiger partial charge in [0, 0.05) is 25.7 Å². The number of allylic oxidation sites excluding steroid dienone is 10. The monoisotopic (exact) mass is 1400 g/mol. The van der Waals surface area contributed by atoms with E-state index in [0.29, 0.717) is 25.7 Å². The van der Waals surface area contributed by atoms with Crippen LogP contribution in [0.3, 0.4) is 0 Å². The molecule has 17 nitrogen and oxygen atoms in total. The molecule has 0 aromatic carbocycles. The van der Waals surface area contributed by atoms with Crippen molar-refractivity contribution in [2.45, 2.75) is 367 Å². The van der Waals surface area contributed by atoms with Crippen LogP contribution >= 0.6 is 15.6 Å². The van der Waals surface area contributed by atoms with Gasteiger partial charge in [-0.05, 0) is 83.5 Å². The lowest BCUT2D eigenvalue weighted by atomic mass is 10.0. The minimum Gasteiger partial charge on any atom is -0.462 e. The number of unbranched alkanes of at least 4 members (excludes halogenated alkanes) is 37. The molecule has 0 aliphatic rings. The molecule has 0 aliphatic heterocycles. The van der Waals surface area contributed by atoms with E-state index in [1.54, 1.807) is 0 Å². The standard InChI is InChI=1S/C77H140O17P2/c1-5-9-13-17-21-25-29-32-35-38-42-45-49-53-57-61-74(79)87-67-72(93-76(81)63-59-55-51-47-41-28-24-20-16-12-8-4)69-91-95(83,84)89-65-71(78)66-90-96(85,86)92-70-73(94-77(82)64-60-56-52-48-44-40-37-34-31-27-23-19-15-11-7-3)68-88-75(80)62-58-54-50-46-43-39-36-33-30-26-22-18-14-10-6-2/h9,13,20-21,24-25,32,35,42,45,71-73,78H,5-8,10-12,14-19,22-23,26-31,33-34,36-41,43-44,46-70H2,1-4H3,(H,83,84)(H,85,86)/b13-9-,24-20-,25-21-,35-32-,45-42-. The van der Waals surface area contributed by atoms with Crippen molar-refractivity contribution in [1.29, 1.82) is 0 Å². The highest BCUT2D eigenvalue weighted by Crippen LogP contribution is 2.45. The summed E-state index contributed by atoms with van der Waals surface area (Å²) in [6, 6.07) is 0. The normalized spacial score (nSPS) is 14.3. The van der Waals surface area contributed by atoms with Crippen molar-refractivity contribution in [3.63, 3.8) is 0 Å². The first-order valence-corrected chi connectivity index (χ1v) is 41.5. The molecule has 3 N–H and O–H groups in total. The van der Waals surface area contributed by atoms with Crippen molar-refractivity contribution >= 4 is 39.5 Å². The Morgan fingerprint density at radius 2 is 0.552 bits per heavy atom. The summed E-state index contributed by atoms with van der Waals surface area (Å²) in [6.45, 7) is 4.73. The van der Waals surface area contributed by atoms with Gasteiger partial charge in [-0.3, -0.25) is 37.3 Å². The molecule has 0 fully saturated rings. The number of phosphoric ester groups is 2. The van der Waals surface area contributed by atoms with Gasteiger partial charge in [0.15, 0.2) is 12.2 Å². The largest absolute Gasteiger partial charge is 0.472 e. The van der Waals surface area contributed by atoms with Crippen LogP contribution in [0.25, 0.3) is 0 Å². The van der Waals surface area contributed by atoms with E-state index in [4.69, 9.17) is 37.0 Å². The van der Waals surface area contributed by atoms with E-state index in [2.05, 4.69) is 88.5 Å². The summed E-state index contributed by atoms with van der Waals surface area (Å²) < 4.78 is 68.4. The van der Waals surface area contributed by atoms with E-state index >= 15 is 0 Å². The number of phosphoric acid groups is 2. The second-order valence-electron chi connectivity index (χ2n) is 25.9. The van der Waals surface area contributed by atoms with Crippen LogP contribution in [-0.2, 0) is 65.4 Å². The average molecular weight is 1400 g/mol. The Kier molecular flexibility index (Phi) is 67.8. The number of hydrogen-bond acceptors (Lipinski definition) is 15. The first-order valence-electron chi connectivity index (χ1n) is 38.5. The highest BCUT2D eigenvalue weighted by molar-refractivity contribution is 7.47. The van der Waals surface area contributed by atoms with Gasteiger partial charge in [0.2, 0.25) is 0 Å². The fraction of sp³-hybridized carbons (Fsp3) is 0.818. The van der Waals surface area contributed by atoms with E-state index in [1.165, 1.54) is 148 Å². The average Bonchev–Trinajstić information content (AvgIpc) is 1.11. The van der Waals surface area contributed by atoms with Gasteiger partial charge in [0.05, 0.1) is 26.4 Å². The molecule has 0 amide bonds. The Hall–Kier alpha value is -3.24. The molecule has 0 saturated carbocycles. The van der Waals surface area contributed by atoms with Crippen molar-refractivity contribution < 1.29 is 80.2 Å². The number of aliphatic hydroxyl groups is 1. The van der Waals surface area contributed by atoms with Crippen LogP contribution < -0.4 is 0 Å². The molecular formula is C77H140O17P2. The predicted octanol–water partition coefficient (Wildman–Crippen LogP) is 21.9. The Morgan fingerprint density at radius 3 is 0.896 bits per heavy atom. The molecular weight excluding hydrogens is 1260 g/mol. The maximum absolute atomic E-state index is 13.1. The minimum atomic E-state index is -4.97. The molecule has 0 spiro atoms. The fourth-order valence-corrected chi connectivity index (χ4v) is 12.2. The number of carbonyl (C=O) groups excluding carboxylic acids is 4. The summed E-state index contributed by atoms with van der Waals surface area (Å²) in [6.07, 6.45) is 67.9. The summed E-state index contributed by atoms with van der Waals surface area (Å²) in [5.74, 6) is -2.20. The van der Waals surface area contributed by atoms with Crippen LogP contribution in [0.2, 0.25) is 0 Å². The van der Waals surface area contributed by atoms with Crippen LogP contribution in [-0.4, -0.2) is 96.7 Å². The zero-order valence-corrected chi connectivity index (χ0v) is 62.8. The van der Waals surface area contributed by atoms with Gasteiger partial charge >= 0.3 is 39.5 Å². The molecule has 0 aromatic rings. The summed E-state index contributed by atoms with van der Waals surface area (Å²) in [5.41, 5.74) is 0. The SMILES string of the molecule is CC/C=C\C/C=C\C/C=C\C/C=C\CCCCC(=O)OCC(COP(=O)(O)OCC(O)COP(=O)(O)OCC(COC(=O)CCCCCCCCCCCCCCCCC)OC(=O)CCCCCCCCCCCCCCCCC)OC(=O)CCCCCCC/C=C\CCCC. The van der Waals surface area contributed by atoms with E-state index in [0.717, 1.165) is 122 Å². The summed E-state index contributed by atoms with van der Waals surface area (Å²) in [4.78, 5) is 72.8. The molecule has 0 bridgehead atoms. The second-order valence-corrected chi connectivity index (χ2v) is 28.8. The van der Waals surface area contributed by atoms with E-state index < -0.39 is 97.5 Å². The second kappa shape index (κ2) is 70.2. The highest BCUT2D eigenvalue weighted by Gasteiger charge is 2.30. The van der Waals surface area contributed by atoms with E-state index in [1.807, 2.05) is 0 Å². The molecule has 0 aromatic heterocycles. The summed E-state index contributed by atoms with van der Waals surface area (Å²) in [5, 5.41) is 10.6. The van der Waals surface area contributed by atoms with Crippen molar-refractivity contribution in [1.82, 2.24) is 0 Å². The molecule has 560 valence electrons. The lowest BCUT2D eigenvalue weighted by molar-refractivity contribution is -0.161. The summed E-state index contributed by atoms with van der Waals surface area (Å²) in [7, 11) is -9.94. The molecule has 96 heavy (non-hydrogen) atoms. The van der Waals surface area contributed by atoms with Gasteiger partial charge < -0.3 is 33.8 Å². The Morgan fingerprint density at radius 1 is 0.302 bits per heavy atom. The molecule has 0 radical (unpaired) electrons. The van der Waals surface area contributed by atoms with Crippen LogP contribution in [0, 0.1) is 0 Å². The maximum Gasteiger partial charge on any atom is 0.472 e. The topological polar surface area (TPSA) is 237 Å². The third kappa shape index (κ3) is 69.2. The van der Waals surface area contributed by atoms with Gasteiger partial charge in [0.25, 0.3) is 0 Å². The van der Waals surface area contributed by atoms with Crippen LogP contribution in [0.5, 0.6) is 0 Å². The fourth-order valence-electron chi connectivity index (χ4n) is 10.6. The quantitative estimate of drug-likeness (QED) is 0.0169. The van der Waals surface area contributed by atoms with Crippen LogP contribution in [0.4, 0.5) is 0 Å². The van der Waals surface area contributed by atoms with E-state index in [9.17, 15) is 43.2 Å². The molecule has 19 heteroatoms. The zero-order chi connectivity index (χ0) is 70.4. The van der Waals surface area contributed by atoms with Gasteiger partial charge in [-0.1, -0.05) is 300 Å². The lowest BCUT2D eigenvalue weighted by Crippen LogP contribution is -2.30. The molecule has 0 saturated heterocycles. The zero-order valence-electron chi connectivity index (χ0n) is 61.1. The first kappa shape index (κ1) is 92.8. The van der Waals surface area contributed by atoms with Crippen molar-refractivity contribution in [3.8, 4) is 0 Å². The number of ether oxygens (including phenoxy) is 4. The number of rotatable bonds is 73. The van der Waals surface area contributed by atoms with Gasteiger partial charge in [0.1, 0.15) is 19.3 Å². The van der Waals surface area contributed by atoms with Crippen molar-refractivity contribution in [2.24, 2.45) is 0 Å². The van der Waals surface area contributed by atoms with Gasteiger partial charge in [-0.15, -0.1) is 0 Å². The molecule has 5 unspecified atom stereocenters. The third-order valence-electron chi connectivity index (χ3n) is 16.5. The number of esters is 4. The number of carbonyl (C=O) groups is 4. The highest BCUT2D eigenvalue weighted by atomic mass is 31.2. The third-order valence-corrected chi connectivity index (χ3v) is 18.4. The van der Waals surface area contributed by atoms with Gasteiger partial charge in [-0.2, -0.15) is 0 Å². The maximum atomic E-state index is 13.1. The van der Waals surface area contributed by atoms with Crippen LogP contribution in [0.1, 0.15) is 349 Å². The predicted molar refractivity (Wildman–Crippen MR) is 390 cm³/mol. The Bertz CT molecular complexity index is 2060. The Labute approximate surface area is 584 Å². The molecule has 0 heterocycles. The van der Waals surface area contributed by atoms with Crippen molar-refractivity contribution in [3.05, 3.63) is 60.8 Å². The number of hydrogen-bond donors (Lipinski definition) is 3. The van der Waals surface area contributed by atoms with Crippen molar-refractivity contribution in [2.75, 3.05) is 39.6 Å². The minimum absolute atomic E-state index is 0.0784. The lowest BCUT2D eigenvalue weighted by Gasteiger charge is -2.21. The first-order chi connectivity index (χ1) is 46.7. The van der Waals surface area contributed by atoms with E-state index in [-0.39, 0.29) is 25.7 Å².